The van der Waals surface area contributed by atoms with Crippen molar-refractivity contribution in [1.29, 1.82) is 0 Å². The molecule has 1 aromatic carbocycles. The molecule has 1 atom stereocenters. The van der Waals surface area contributed by atoms with Crippen LogP contribution in [0.1, 0.15) is 18.4 Å². The van der Waals surface area contributed by atoms with Gasteiger partial charge in [0.05, 0.1) is 6.61 Å². The summed E-state index contributed by atoms with van der Waals surface area (Å²) in [6, 6.07) is 8.21. The van der Waals surface area contributed by atoms with E-state index in [0.717, 1.165) is 17.7 Å². The summed E-state index contributed by atoms with van der Waals surface area (Å²) < 4.78 is 10.5. The molecule has 1 unspecified atom stereocenters. The summed E-state index contributed by atoms with van der Waals surface area (Å²) in [4.78, 5) is 4.47. The fourth-order valence-electron chi connectivity index (χ4n) is 2.16. The molecule has 1 N–H and O–H groups in total. The molecule has 0 aliphatic carbocycles. The lowest BCUT2D eigenvalue weighted by molar-refractivity contribution is 0.162. The second-order valence-corrected chi connectivity index (χ2v) is 4.74. The van der Waals surface area contributed by atoms with Crippen LogP contribution in [0.15, 0.2) is 28.8 Å². The molecule has 20 heavy (non-hydrogen) atoms. The Bertz CT molecular complexity index is 533. The molecule has 2 rings (SSSR count). The number of rotatable bonds is 7. The van der Waals surface area contributed by atoms with Gasteiger partial charge in [0.2, 0.25) is 11.7 Å². The van der Waals surface area contributed by atoms with E-state index in [1.54, 1.807) is 7.11 Å². The molecule has 0 radical (unpaired) electrons. The smallest absolute Gasteiger partial charge is 0.228 e. The molecule has 2 aromatic rings. The first-order valence-corrected chi connectivity index (χ1v) is 6.85. The van der Waals surface area contributed by atoms with Crippen molar-refractivity contribution in [3.05, 3.63) is 35.7 Å². The van der Waals surface area contributed by atoms with Crippen LogP contribution in [0.25, 0.3) is 11.4 Å². The minimum absolute atomic E-state index is 0.190. The second kappa shape index (κ2) is 7.17. The highest BCUT2D eigenvalue weighted by atomic mass is 16.5. The van der Waals surface area contributed by atoms with Crippen molar-refractivity contribution in [2.45, 2.75) is 26.3 Å². The van der Waals surface area contributed by atoms with Gasteiger partial charge in [-0.05, 0) is 19.0 Å². The van der Waals surface area contributed by atoms with Gasteiger partial charge in [-0.3, -0.25) is 0 Å². The zero-order valence-electron chi connectivity index (χ0n) is 12.2. The van der Waals surface area contributed by atoms with Gasteiger partial charge in [0.15, 0.2) is 0 Å². The summed E-state index contributed by atoms with van der Waals surface area (Å²) in [5, 5.41) is 7.41. The predicted molar refractivity (Wildman–Crippen MR) is 77.5 cm³/mol. The minimum Gasteiger partial charge on any atom is -0.383 e. The summed E-state index contributed by atoms with van der Waals surface area (Å²) in [5.74, 6) is 1.28. The molecule has 0 saturated carbocycles. The summed E-state index contributed by atoms with van der Waals surface area (Å²) in [7, 11) is 1.69. The van der Waals surface area contributed by atoms with E-state index in [1.165, 1.54) is 0 Å². The maximum atomic E-state index is 5.34. The highest BCUT2D eigenvalue weighted by molar-refractivity contribution is 5.58. The van der Waals surface area contributed by atoms with Crippen molar-refractivity contribution >= 4 is 0 Å². The van der Waals surface area contributed by atoms with Crippen LogP contribution in [0.4, 0.5) is 0 Å². The van der Waals surface area contributed by atoms with E-state index in [0.29, 0.717) is 24.7 Å². The third-order valence-corrected chi connectivity index (χ3v) is 3.14. The zero-order valence-corrected chi connectivity index (χ0v) is 12.2. The van der Waals surface area contributed by atoms with E-state index in [2.05, 4.69) is 22.4 Å². The lowest BCUT2D eigenvalue weighted by Gasteiger charge is -2.14. The maximum absolute atomic E-state index is 5.34. The molecule has 0 fully saturated rings. The van der Waals surface area contributed by atoms with Crippen LogP contribution in [0.2, 0.25) is 0 Å². The number of nitrogens with zero attached hydrogens (tertiary/aromatic N) is 2. The molecule has 1 heterocycles. The number of aryl methyl sites for hydroxylation is 1. The number of methoxy groups -OCH3 is 1. The molecular weight excluding hydrogens is 254 g/mol. The van der Waals surface area contributed by atoms with Gasteiger partial charge in [-0.15, -0.1) is 0 Å². The number of likely N-dealkylation sites (N-methyl/N-ethyl adjacent to an activating group) is 1. The van der Waals surface area contributed by atoms with Gasteiger partial charge in [0.1, 0.15) is 0 Å². The van der Waals surface area contributed by atoms with E-state index >= 15 is 0 Å². The molecule has 0 saturated heterocycles. The van der Waals surface area contributed by atoms with Crippen molar-refractivity contribution in [2.24, 2.45) is 0 Å². The molecular formula is C15H21N3O2. The summed E-state index contributed by atoms with van der Waals surface area (Å²) in [6.07, 6.45) is 0.667. The van der Waals surface area contributed by atoms with Gasteiger partial charge in [0.25, 0.3) is 0 Å². The number of nitrogens with one attached hydrogen (secondary N) is 1. The average molecular weight is 275 g/mol. The van der Waals surface area contributed by atoms with Crippen LogP contribution >= 0.6 is 0 Å². The number of aromatic nitrogens is 2. The normalized spacial score (nSPS) is 12.6. The van der Waals surface area contributed by atoms with Crippen LogP contribution in [0.3, 0.4) is 0 Å². The van der Waals surface area contributed by atoms with Gasteiger partial charge >= 0.3 is 0 Å². The first-order valence-electron chi connectivity index (χ1n) is 6.85. The molecule has 0 spiro atoms. The van der Waals surface area contributed by atoms with Crippen molar-refractivity contribution < 1.29 is 9.26 Å². The Kier molecular flexibility index (Phi) is 5.26. The largest absolute Gasteiger partial charge is 0.383 e. The van der Waals surface area contributed by atoms with Gasteiger partial charge in [0, 0.05) is 25.1 Å². The van der Waals surface area contributed by atoms with Crippen LogP contribution in [-0.4, -0.2) is 36.4 Å². The fourth-order valence-corrected chi connectivity index (χ4v) is 2.16. The van der Waals surface area contributed by atoms with Crippen molar-refractivity contribution in [1.82, 2.24) is 15.5 Å². The first-order chi connectivity index (χ1) is 9.74. The third-order valence-electron chi connectivity index (χ3n) is 3.14. The standard InChI is InChI=1S/C15H21N3O2/c1-4-16-12(10-19-3)9-14-17-15(18-20-14)13-8-6-5-7-11(13)2/h5-8,12,16H,4,9-10H2,1-3H3. The van der Waals surface area contributed by atoms with Gasteiger partial charge < -0.3 is 14.6 Å². The van der Waals surface area contributed by atoms with Gasteiger partial charge in [-0.25, -0.2) is 0 Å². The first kappa shape index (κ1) is 14.7. The summed E-state index contributed by atoms with van der Waals surface area (Å²) in [6.45, 7) is 5.61. The quantitative estimate of drug-likeness (QED) is 0.839. The van der Waals surface area contributed by atoms with Crippen molar-refractivity contribution in [3.8, 4) is 11.4 Å². The molecule has 0 aliphatic rings. The van der Waals surface area contributed by atoms with Crippen molar-refractivity contribution in [2.75, 3.05) is 20.3 Å². The van der Waals surface area contributed by atoms with Crippen LogP contribution < -0.4 is 5.32 Å². The molecule has 0 aliphatic heterocycles. The molecule has 108 valence electrons. The highest BCUT2D eigenvalue weighted by Crippen LogP contribution is 2.20. The van der Waals surface area contributed by atoms with E-state index in [1.807, 2.05) is 31.2 Å². The Labute approximate surface area is 119 Å². The van der Waals surface area contributed by atoms with E-state index in [4.69, 9.17) is 9.26 Å². The zero-order chi connectivity index (χ0) is 14.4. The molecule has 0 amide bonds. The summed E-state index contributed by atoms with van der Waals surface area (Å²) in [5.41, 5.74) is 2.15. The molecule has 0 bridgehead atoms. The SMILES string of the molecule is CCNC(COC)Cc1nc(-c2ccccc2C)no1. The highest BCUT2D eigenvalue weighted by Gasteiger charge is 2.15. The van der Waals surface area contributed by atoms with Crippen molar-refractivity contribution in [3.63, 3.8) is 0 Å². The average Bonchev–Trinajstić information content (AvgIpc) is 2.88. The lowest BCUT2D eigenvalue weighted by atomic mass is 10.1. The maximum Gasteiger partial charge on any atom is 0.228 e. The fraction of sp³-hybridized carbons (Fsp3) is 0.467. The number of benzene rings is 1. The molecule has 5 nitrogen and oxygen atoms in total. The lowest BCUT2D eigenvalue weighted by Crippen LogP contribution is -2.35. The van der Waals surface area contributed by atoms with E-state index in [9.17, 15) is 0 Å². The Balaban J connectivity index is 2.10. The topological polar surface area (TPSA) is 60.2 Å². The Morgan fingerprint density at radius 2 is 2.15 bits per heavy atom. The Morgan fingerprint density at radius 1 is 1.35 bits per heavy atom. The Hall–Kier alpha value is -1.72. The van der Waals surface area contributed by atoms with Crippen LogP contribution in [0, 0.1) is 6.92 Å². The van der Waals surface area contributed by atoms with E-state index < -0.39 is 0 Å². The monoisotopic (exact) mass is 275 g/mol. The molecule has 5 heteroatoms. The second-order valence-electron chi connectivity index (χ2n) is 4.74. The number of hydrogen-bond acceptors (Lipinski definition) is 5. The number of hydrogen-bond donors (Lipinski definition) is 1. The van der Waals surface area contributed by atoms with E-state index in [-0.39, 0.29) is 6.04 Å². The molecule has 1 aromatic heterocycles. The van der Waals surface area contributed by atoms with Gasteiger partial charge in [-0.2, -0.15) is 4.98 Å². The third kappa shape index (κ3) is 3.65. The van der Waals surface area contributed by atoms with Gasteiger partial charge in [-0.1, -0.05) is 36.3 Å². The number of ether oxygens (including phenoxy) is 1. The Morgan fingerprint density at radius 3 is 2.85 bits per heavy atom. The summed E-state index contributed by atoms with van der Waals surface area (Å²) >= 11 is 0. The van der Waals surface area contributed by atoms with Crippen LogP contribution in [0.5, 0.6) is 0 Å². The minimum atomic E-state index is 0.190. The van der Waals surface area contributed by atoms with Crippen LogP contribution in [-0.2, 0) is 11.2 Å². The predicted octanol–water partition coefficient (Wildman–Crippen LogP) is 2.21.